The van der Waals surface area contributed by atoms with Crippen molar-refractivity contribution in [3.63, 3.8) is 0 Å². The highest BCUT2D eigenvalue weighted by Gasteiger charge is 2.22. The maximum Gasteiger partial charge on any atom is 0.337 e. The molecule has 0 fully saturated rings. The summed E-state index contributed by atoms with van der Waals surface area (Å²) in [5.41, 5.74) is 1.27. The number of fused-ring (bicyclic) bond motifs is 1. The Bertz CT molecular complexity index is 616. The number of hydrogen-bond acceptors (Lipinski definition) is 4. The fourth-order valence-corrected chi connectivity index (χ4v) is 2.15. The number of rotatable bonds is 4. The summed E-state index contributed by atoms with van der Waals surface area (Å²) in [6.45, 7) is 0.361. The first kappa shape index (κ1) is 12.5. The standard InChI is InChI=1S/C15H13NO4/c17-15(18)11-6-12(8-16-7-11)19-9-13-5-10-3-1-2-4-14(10)20-13/h1-4,6-8,13H,5,9H2,(H,17,18). The molecule has 1 N–H and O–H groups in total. The van der Waals surface area contributed by atoms with Crippen LogP contribution >= 0.6 is 0 Å². The van der Waals surface area contributed by atoms with Gasteiger partial charge in [0.1, 0.15) is 24.2 Å². The van der Waals surface area contributed by atoms with Gasteiger partial charge in [0.25, 0.3) is 0 Å². The van der Waals surface area contributed by atoms with Crippen LogP contribution in [0.15, 0.2) is 42.7 Å². The molecule has 0 saturated heterocycles. The van der Waals surface area contributed by atoms with Crippen molar-refractivity contribution in [2.75, 3.05) is 6.61 Å². The molecular formula is C15H13NO4. The van der Waals surface area contributed by atoms with Gasteiger partial charge in [-0.3, -0.25) is 4.98 Å². The van der Waals surface area contributed by atoms with Gasteiger partial charge >= 0.3 is 5.97 Å². The first-order chi connectivity index (χ1) is 9.72. The van der Waals surface area contributed by atoms with Gasteiger partial charge < -0.3 is 14.6 Å². The highest BCUT2D eigenvalue weighted by molar-refractivity contribution is 5.87. The van der Waals surface area contributed by atoms with Crippen molar-refractivity contribution in [3.8, 4) is 11.5 Å². The summed E-state index contributed by atoms with van der Waals surface area (Å²) >= 11 is 0. The minimum atomic E-state index is -1.02. The Morgan fingerprint density at radius 3 is 3.05 bits per heavy atom. The van der Waals surface area contributed by atoms with Crippen LogP contribution in [0.2, 0.25) is 0 Å². The number of nitrogens with zero attached hydrogens (tertiary/aromatic N) is 1. The van der Waals surface area contributed by atoms with E-state index in [4.69, 9.17) is 14.6 Å². The average molecular weight is 271 g/mol. The summed E-state index contributed by atoms with van der Waals surface area (Å²) in [5.74, 6) is 0.301. The molecule has 5 nitrogen and oxygen atoms in total. The molecule has 0 spiro atoms. The van der Waals surface area contributed by atoms with Crippen molar-refractivity contribution < 1.29 is 19.4 Å². The number of aromatic carboxylic acids is 1. The maximum absolute atomic E-state index is 10.8. The van der Waals surface area contributed by atoms with Gasteiger partial charge in [-0.15, -0.1) is 0 Å². The summed E-state index contributed by atoms with van der Waals surface area (Å²) in [4.78, 5) is 14.7. The van der Waals surface area contributed by atoms with Gasteiger partial charge in [-0.2, -0.15) is 0 Å². The predicted molar refractivity (Wildman–Crippen MR) is 71.3 cm³/mol. The average Bonchev–Trinajstić information content (AvgIpc) is 2.88. The van der Waals surface area contributed by atoms with E-state index >= 15 is 0 Å². The number of pyridine rings is 1. The first-order valence-electron chi connectivity index (χ1n) is 6.28. The number of carboxylic acids is 1. The molecule has 102 valence electrons. The maximum atomic E-state index is 10.8. The molecular weight excluding hydrogens is 258 g/mol. The lowest BCUT2D eigenvalue weighted by Crippen LogP contribution is -2.22. The van der Waals surface area contributed by atoms with Crippen LogP contribution in [0.25, 0.3) is 0 Å². The monoisotopic (exact) mass is 271 g/mol. The molecule has 1 aromatic carbocycles. The van der Waals surface area contributed by atoms with Crippen molar-refractivity contribution >= 4 is 5.97 Å². The molecule has 3 rings (SSSR count). The second-order valence-electron chi connectivity index (χ2n) is 4.58. The lowest BCUT2D eigenvalue weighted by Gasteiger charge is -2.12. The van der Waals surface area contributed by atoms with Gasteiger partial charge in [-0.05, 0) is 17.7 Å². The zero-order valence-corrected chi connectivity index (χ0v) is 10.7. The molecule has 0 radical (unpaired) electrons. The largest absolute Gasteiger partial charge is 0.488 e. The lowest BCUT2D eigenvalue weighted by molar-refractivity contribution is 0.0695. The van der Waals surface area contributed by atoms with Gasteiger partial charge in [0, 0.05) is 12.6 Å². The Labute approximate surface area is 115 Å². The van der Waals surface area contributed by atoms with E-state index in [0.717, 1.165) is 12.2 Å². The van der Waals surface area contributed by atoms with Crippen LogP contribution in [-0.4, -0.2) is 28.8 Å². The van der Waals surface area contributed by atoms with Crippen LogP contribution < -0.4 is 9.47 Å². The number of carboxylic acid groups (broad SMARTS) is 1. The topological polar surface area (TPSA) is 68.7 Å². The zero-order valence-electron chi connectivity index (χ0n) is 10.7. The number of benzene rings is 1. The number of ether oxygens (including phenoxy) is 2. The smallest absolute Gasteiger partial charge is 0.337 e. The van der Waals surface area contributed by atoms with Crippen LogP contribution in [0.4, 0.5) is 0 Å². The molecule has 5 heteroatoms. The van der Waals surface area contributed by atoms with Crippen LogP contribution in [-0.2, 0) is 6.42 Å². The second kappa shape index (κ2) is 5.21. The number of para-hydroxylation sites is 1. The lowest BCUT2D eigenvalue weighted by atomic mass is 10.1. The van der Waals surface area contributed by atoms with Crippen LogP contribution in [0.3, 0.4) is 0 Å². The summed E-state index contributed by atoms with van der Waals surface area (Å²) in [6, 6.07) is 9.33. The van der Waals surface area contributed by atoms with Gasteiger partial charge in [-0.1, -0.05) is 18.2 Å². The van der Waals surface area contributed by atoms with E-state index in [1.165, 1.54) is 24.0 Å². The van der Waals surface area contributed by atoms with Crippen molar-refractivity contribution in [1.82, 2.24) is 4.98 Å². The van der Waals surface area contributed by atoms with E-state index in [2.05, 4.69) is 4.98 Å². The summed E-state index contributed by atoms with van der Waals surface area (Å²) in [7, 11) is 0. The molecule has 20 heavy (non-hydrogen) atoms. The quantitative estimate of drug-likeness (QED) is 0.922. The molecule has 2 heterocycles. The molecule has 1 unspecified atom stereocenters. The number of hydrogen-bond donors (Lipinski definition) is 1. The van der Waals surface area contributed by atoms with Crippen molar-refractivity contribution in [3.05, 3.63) is 53.9 Å². The predicted octanol–water partition coefficient (Wildman–Crippen LogP) is 2.16. The molecule has 0 bridgehead atoms. The highest BCUT2D eigenvalue weighted by Crippen LogP contribution is 2.28. The minimum absolute atomic E-state index is 0.0547. The SMILES string of the molecule is O=C(O)c1cncc(OCC2Cc3ccccc3O2)c1. The summed E-state index contributed by atoms with van der Waals surface area (Å²) in [5, 5.41) is 8.89. The van der Waals surface area contributed by atoms with Gasteiger partial charge in [-0.25, -0.2) is 4.79 Å². The summed E-state index contributed by atoms with van der Waals surface area (Å²) < 4.78 is 11.3. The third kappa shape index (κ3) is 2.56. The molecule has 1 atom stereocenters. The third-order valence-corrected chi connectivity index (χ3v) is 3.11. The first-order valence-corrected chi connectivity index (χ1v) is 6.28. The van der Waals surface area contributed by atoms with Crippen molar-refractivity contribution in [2.45, 2.75) is 12.5 Å². The van der Waals surface area contributed by atoms with Crippen molar-refractivity contribution in [1.29, 1.82) is 0 Å². The normalized spacial score (nSPS) is 16.3. The molecule has 0 aliphatic carbocycles. The van der Waals surface area contributed by atoms with E-state index in [1.807, 2.05) is 24.3 Å². The fourth-order valence-electron chi connectivity index (χ4n) is 2.15. The van der Waals surface area contributed by atoms with Gasteiger partial charge in [0.15, 0.2) is 0 Å². The van der Waals surface area contributed by atoms with E-state index in [9.17, 15) is 4.79 Å². The summed E-state index contributed by atoms with van der Waals surface area (Å²) in [6.07, 6.45) is 3.52. The Morgan fingerprint density at radius 2 is 2.25 bits per heavy atom. The van der Waals surface area contributed by atoms with Crippen LogP contribution in [0, 0.1) is 0 Å². The van der Waals surface area contributed by atoms with E-state index in [0.29, 0.717) is 12.4 Å². The van der Waals surface area contributed by atoms with Crippen LogP contribution in [0.5, 0.6) is 11.5 Å². The molecule has 0 saturated carbocycles. The second-order valence-corrected chi connectivity index (χ2v) is 4.58. The number of carbonyl (C=O) groups is 1. The number of aromatic nitrogens is 1. The molecule has 2 aromatic rings. The van der Waals surface area contributed by atoms with Gasteiger partial charge in [0.05, 0.1) is 11.8 Å². The zero-order chi connectivity index (χ0) is 13.9. The molecule has 0 amide bonds. The Morgan fingerprint density at radius 1 is 1.40 bits per heavy atom. The van der Waals surface area contributed by atoms with Crippen molar-refractivity contribution in [2.24, 2.45) is 0 Å². The Balaban J connectivity index is 1.61. The fraction of sp³-hybridized carbons (Fsp3) is 0.200. The van der Waals surface area contributed by atoms with E-state index in [1.54, 1.807) is 0 Å². The molecule has 1 aromatic heterocycles. The third-order valence-electron chi connectivity index (χ3n) is 3.11. The van der Waals surface area contributed by atoms with E-state index < -0.39 is 5.97 Å². The minimum Gasteiger partial charge on any atom is -0.488 e. The molecule has 1 aliphatic heterocycles. The Hall–Kier alpha value is -2.56. The van der Waals surface area contributed by atoms with Gasteiger partial charge in [0.2, 0.25) is 0 Å². The highest BCUT2D eigenvalue weighted by atomic mass is 16.5. The molecule has 1 aliphatic rings. The van der Waals surface area contributed by atoms with Crippen LogP contribution in [0.1, 0.15) is 15.9 Å². The van der Waals surface area contributed by atoms with E-state index in [-0.39, 0.29) is 11.7 Å². The Kier molecular flexibility index (Phi) is 3.25.